The molecule has 3 aromatic heterocycles. The Kier molecular flexibility index (Phi) is 8.82. The van der Waals surface area contributed by atoms with Crippen molar-refractivity contribution >= 4 is 0 Å². The van der Waals surface area contributed by atoms with Gasteiger partial charge in [0.25, 0.3) is 0 Å². The molecule has 0 amide bonds. The molecule has 1 aromatic carbocycles. The van der Waals surface area contributed by atoms with Crippen LogP contribution in [0.1, 0.15) is 60.6 Å². The Morgan fingerprint density at radius 3 is 2.72 bits per heavy atom. The van der Waals surface area contributed by atoms with Gasteiger partial charge < -0.3 is 23.7 Å². The van der Waals surface area contributed by atoms with Crippen LogP contribution >= 0.6 is 0 Å². The largest absolute Gasteiger partial charge is 0.396 e. The van der Waals surface area contributed by atoms with Crippen LogP contribution in [0.2, 0.25) is 0 Å². The first-order valence-electron chi connectivity index (χ1n) is 13.1. The van der Waals surface area contributed by atoms with Crippen molar-refractivity contribution in [1.29, 1.82) is 0 Å². The van der Waals surface area contributed by atoms with Crippen molar-refractivity contribution < 1.29 is 19.1 Å². The molecule has 1 saturated heterocycles. The Balaban J connectivity index is 1.23. The second-order valence-electron chi connectivity index (χ2n) is 9.26. The minimum Gasteiger partial charge on any atom is -0.396 e. The van der Waals surface area contributed by atoms with Gasteiger partial charge in [0, 0.05) is 54.4 Å². The van der Waals surface area contributed by atoms with E-state index in [-0.39, 0.29) is 19.0 Å². The highest BCUT2D eigenvalue weighted by Crippen LogP contribution is 2.25. The average Bonchev–Trinajstić information content (AvgIpc) is 3.60. The topological polar surface area (TPSA) is 95.4 Å². The Labute approximate surface area is 228 Å². The van der Waals surface area contributed by atoms with Crippen molar-refractivity contribution in [2.45, 2.75) is 51.5 Å². The van der Waals surface area contributed by atoms with Crippen LogP contribution in [0, 0.1) is 23.7 Å². The molecule has 198 valence electrons. The Bertz CT molecular complexity index is 1480. The fourth-order valence-corrected chi connectivity index (χ4v) is 4.28. The number of hydrogen-bond acceptors (Lipinski definition) is 7. The lowest BCUT2D eigenvalue weighted by Gasteiger charge is -2.25. The van der Waals surface area contributed by atoms with Crippen molar-refractivity contribution in [1.82, 2.24) is 19.7 Å². The summed E-state index contributed by atoms with van der Waals surface area (Å²) in [5.41, 5.74) is 4.14. The maximum absolute atomic E-state index is 9.56. The zero-order chi connectivity index (χ0) is 26.9. The summed E-state index contributed by atoms with van der Waals surface area (Å²) in [4.78, 5) is 8.76. The summed E-state index contributed by atoms with van der Waals surface area (Å²) in [6.45, 7) is 3.18. The van der Waals surface area contributed by atoms with E-state index in [1.807, 2.05) is 60.2 Å². The molecule has 39 heavy (non-hydrogen) atoms. The van der Waals surface area contributed by atoms with Gasteiger partial charge in [-0.15, -0.1) is 0 Å². The van der Waals surface area contributed by atoms with Gasteiger partial charge in [0.2, 0.25) is 0 Å². The zero-order valence-electron chi connectivity index (χ0n) is 21.8. The number of hydrogen-bond donors (Lipinski definition) is 1. The number of aliphatic hydroxyl groups is 1. The highest BCUT2D eigenvalue weighted by atomic mass is 16.7. The third kappa shape index (κ3) is 7.22. The van der Waals surface area contributed by atoms with Crippen molar-refractivity contribution in [3.05, 3.63) is 89.4 Å². The monoisotopic (exact) mass is 522 g/mol. The van der Waals surface area contributed by atoms with Crippen LogP contribution in [-0.4, -0.2) is 44.3 Å². The summed E-state index contributed by atoms with van der Waals surface area (Å²) in [5.74, 6) is 13.2. The molecule has 4 aromatic rings. The number of nitrogens with zero attached hydrogens (tertiary/aromatic N) is 4. The van der Waals surface area contributed by atoms with E-state index in [2.05, 4.69) is 33.8 Å². The number of ether oxygens (including phenoxy) is 2. The van der Waals surface area contributed by atoms with Gasteiger partial charge >= 0.3 is 0 Å². The summed E-state index contributed by atoms with van der Waals surface area (Å²) in [7, 11) is 0. The van der Waals surface area contributed by atoms with Gasteiger partial charge in [-0.2, -0.15) is 0 Å². The standard InChI is InChI=1S/C31H30N4O4/c1-23(38-31-10-4-5-18-37-31)28-22-35(30(33-28)15-17-36)21-27-19-29(39-34-27)26-13-11-24(12-14-26)7-2-3-8-25-9-6-16-32-20-25/h6,9,11-14,16,19-20,22-23,31,36H,4-5,10,15,17-18,21H2,1H3/t23-,31?/m0/s1. The summed E-state index contributed by atoms with van der Waals surface area (Å²) in [5, 5.41) is 13.8. The van der Waals surface area contributed by atoms with Gasteiger partial charge in [0.15, 0.2) is 12.1 Å². The first-order chi connectivity index (χ1) is 19.2. The van der Waals surface area contributed by atoms with E-state index in [1.165, 1.54) is 0 Å². The Morgan fingerprint density at radius 1 is 1.13 bits per heavy atom. The summed E-state index contributed by atoms with van der Waals surface area (Å²) in [6.07, 6.45) is 8.46. The van der Waals surface area contributed by atoms with Crippen molar-refractivity contribution in [2.75, 3.05) is 13.2 Å². The number of imidazole rings is 1. The van der Waals surface area contributed by atoms with Crippen LogP contribution in [-0.2, 0) is 22.4 Å². The highest BCUT2D eigenvalue weighted by Gasteiger charge is 2.21. The molecule has 1 aliphatic rings. The summed E-state index contributed by atoms with van der Waals surface area (Å²) < 4.78 is 19.4. The molecule has 0 spiro atoms. The van der Waals surface area contributed by atoms with Gasteiger partial charge in [0.05, 0.1) is 18.8 Å². The molecule has 8 heteroatoms. The maximum atomic E-state index is 9.56. The Hall–Kier alpha value is -4.21. The van der Waals surface area contributed by atoms with Crippen LogP contribution in [0.25, 0.3) is 11.3 Å². The molecule has 5 rings (SSSR count). The van der Waals surface area contributed by atoms with E-state index in [1.54, 1.807) is 12.4 Å². The molecule has 0 bridgehead atoms. The molecule has 2 atom stereocenters. The van der Waals surface area contributed by atoms with E-state index >= 15 is 0 Å². The van der Waals surface area contributed by atoms with Crippen molar-refractivity contribution in [3.63, 3.8) is 0 Å². The molecular weight excluding hydrogens is 492 g/mol. The predicted molar refractivity (Wildman–Crippen MR) is 145 cm³/mol. The molecule has 1 unspecified atom stereocenters. The normalized spacial score (nSPS) is 15.6. The molecule has 1 aliphatic heterocycles. The second kappa shape index (κ2) is 13.0. The molecular formula is C31H30N4O4. The molecule has 8 nitrogen and oxygen atoms in total. The summed E-state index contributed by atoms with van der Waals surface area (Å²) >= 11 is 0. The highest BCUT2D eigenvalue weighted by molar-refractivity contribution is 5.59. The van der Waals surface area contributed by atoms with Crippen LogP contribution < -0.4 is 0 Å². The lowest BCUT2D eigenvalue weighted by molar-refractivity contribution is -0.186. The van der Waals surface area contributed by atoms with Gasteiger partial charge in [0.1, 0.15) is 17.6 Å². The minimum atomic E-state index is -0.220. The van der Waals surface area contributed by atoms with Gasteiger partial charge in [-0.3, -0.25) is 4.98 Å². The minimum absolute atomic E-state index is 0.00573. The van der Waals surface area contributed by atoms with E-state index in [4.69, 9.17) is 19.0 Å². The Morgan fingerprint density at radius 2 is 1.97 bits per heavy atom. The van der Waals surface area contributed by atoms with E-state index in [0.717, 1.165) is 59.8 Å². The van der Waals surface area contributed by atoms with E-state index in [0.29, 0.717) is 18.7 Å². The fourth-order valence-electron chi connectivity index (χ4n) is 4.28. The first kappa shape index (κ1) is 26.4. The lowest BCUT2D eigenvalue weighted by Crippen LogP contribution is -2.23. The maximum Gasteiger partial charge on any atom is 0.167 e. The first-order valence-corrected chi connectivity index (χ1v) is 13.1. The van der Waals surface area contributed by atoms with E-state index < -0.39 is 0 Å². The molecule has 1 fully saturated rings. The van der Waals surface area contributed by atoms with Gasteiger partial charge in [-0.05, 0) is 74.4 Å². The lowest BCUT2D eigenvalue weighted by atomic mass is 10.1. The fraction of sp³-hybridized carbons (Fsp3) is 0.323. The van der Waals surface area contributed by atoms with Gasteiger partial charge in [-0.25, -0.2) is 4.98 Å². The third-order valence-electron chi connectivity index (χ3n) is 6.32. The van der Waals surface area contributed by atoms with Crippen LogP contribution in [0.4, 0.5) is 0 Å². The predicted octanol–water partition coefficient (Wildman–Crippen LogP) is 4.52. The molecule has 4 heterocycles. The quantitative estimate of drug-likeness (QED) is 0.340. The smallest absolute Gasteiger partial charge is 0.167 e. The number of pyridine rings is 1. The molecule has 0 aliphatic carbocycles. The number of benzene rings is 1. The second-order valence-corrected chi connectivity index (χ2v) is 9.26. The van der Waals surface area contributed by atoms with Crippen LogP contribution in [0.5, 0.6) is 0 Å². The third-order valence-corrected chi connectivity index (χ3v) is 6.32. The van der Waals surface area contributed by atoms with Gasteiger partial charge in [-0.1, -0.05) is 17.0 Å². The molecule has 0 saturated carbocycles. The molecule has 0 radical (unpaired) electrons. The van der Waals surface area contributed by atoms with Crippen LogP contribution in [0.3, 0.4) is 0 Å². The SMILES string of the molecule is C[C@H](OC1CCCCO1)c1cn(Cc2cc(-c3ccc(C#CC#Cc4cccnc4)cc3)on2)c(CCO)n1. The number of rotatable bonds is 8. The summed E-state index contributed by atoms with van der Waals surface area (Å²) in [6, 6.07) is 13.4. The van der Waals surface area contributed by atoms with Crippen molar-refractivity contribution in [2.24, 2.45) is 0 Å². The van der Waals surface area contributed by atoms with E-state index in [9.17, 15) is 5.11 Å². The zero-order valence-corrected chi connectivity index (χ0v) is 21.8. The average molecular weight is 523 g/mol. The number of aromatic nitrogens is 4. The number of aliphatic hydroxyl groups excluding tert-OH is 1. The van der Waals surface area contributed by atoms with Crippen LogP contribution in [0.15, 0.2) is 65.6 Å². The molecule has 1 N–H and O–H groups in total. The van der Waals surface area contributed by atoms with Crippen molar-refractivity contribution in [3.8, 4) is 35.0 Å².